The van der Waals surface area contributed by atoms with Gasteiger partial charge in [0.15, 0.2) is 0 Å². The lowest BCUT2D eigenvalue weighted by Gasteiger charge is -2.17. The first-order valence-electron chi connectivity index (χ1n) is 9.52. The number of nitriles is 1. The van der Waals surface area contributed by atoms with Gasteiger partial charge in [0.05, 0.1) is 28.8 Å². The van der Waals surface area contributed by atoms with Gasteiger partial charge in [0.1, 0.15) is 18.0 Å². The number of carbonyl (C=O) groups is 1. The Morgan fingerprint density at radius 2 is 1.94 bits per heavy atom. The molecule has 0 saturated heterocycles. The molecule has 31 heavy (non-hydrogen) atoms. The molecule has 2 aromatic heterocycles. The molecular weight excluding hydrogens is 392 g/mol. The highest BCUT2D eigenvalue weighted by Gasteiger charge is 2.14. The van der Waals surface area contributed by atoms with E-state index in [1.807, 2.05) is 31.2 Å². The fraction of sp³-hybridized carbons (Fsp3) is 0.0870. The molecule has 0 aliphatic carbocycles. The molecule has 0 fully saturated rings. The van der Waals surface area contributed by atoms with E-state index in [-0.39, 0.29) is 11.6 Å². The van der Waals surface area contributed by atoms with Crippen LogP contribution in [0.2, 0.25) is 0 Å². The lowest BCUT2D eigenvalue weighted by Crippen LogP contribution is -2.10. The standard InChI is InChI=1S/C23H18N6O2/c1-14(28-22-18-6-3-7-19(23(30)31)21(18)26-13-27-22)16-4-2-5-17(11-16)29-20-10-15(12-24)8-9-25-20/h2-11,13-14H,1H3,(H,25,29)(H,30,31)(H,26,27,28)/t14-/m1/s1. The van der Waals surface area contributed by atoms with Gasteiger partial charge in [0.2, 0.25) is 0 Å². The monoisotopic (exact) mass is 410 g/mol. The summed E-state index contributed by atoms with van der Waals surface area (Å²) in [6.07, 6.45) is 2.94. The Kier molecular flexibility index (Phi) is 5.41. The maximum atomic E-state index is 11.5. The van der Waals surface area contributed by atoms with Gasteiger partial charge in [-0.05, 0) is 48.9 Å². The van der Waals surface area contributed by atoms with Crippen LogP contribution in [0.25, 0.3) is 10.9 Å². The Morgan fingerprint density at radius 3 is 2.74 bits per heavy atom. The van der Waals surface area contributed by atoms with Crippen molar-refractivity contribution < 1.29 is 9.90 Å². The number of pyridine rings is 1. The number of para-hydroxylation sites is 1. The molecule has 2 aromatic carbocycles. The Balaban J connectivity index is 1.59. The van der Waals surface area contributed by atoms with Gasteiger partial charge in [0.25, 0.3) is 0 Å². The minimum Gasteiger partial charge on any atom is -0.478 e. The van der Waals surface area contributed by atoms with E-state index in [1.54, 1.807) is 30.5 Å². The second-order valence-corrected chi connectivity index (χ2v) is 6.89. The molecule has 8 nitrogen and oxygen atoms in total. The topological polar surface area (TPSA) is 124 Å². The highest BCUT2D eigenvalue weighted by atomic mass is 16.4. The number of aromatic nitrogens is 3. The summed E-state index contributed by atoms with van der Waals surface area (Å²) in [4.78, 5) is 24.2. The Hall–Kier alpha value is -4.51. The predicted octanol–water partition coefficient (Wildman–Crippen LogP) is 4.51. The molecule has 2 heterocycles. The van der Waals surface area contributed by atoms with Crippen molar-refractivity contribution in [2.75, 3.05) is 10.6 Å². The largest absolute Gasteiger partial charge is 0.478 e. The number of fused-ring (bicyclic) bond motifs is 1. The first kappa shape index (κ1) is 19.8. The highest BCUT2D eigenvalue weighted by molar-refractivity contribution is 6.04. The van der Waals surface area contributed by atoms with E-state index in [4.69, 9.17) is 5.26 Å². The minimum absolute atomic E-state index is 0.119. The molecule has 0 radical (unpaired) electrons. The van der Waals surface area contributed by atoms with Crippen LogP contribution in [0.15, 0.2) is 67.1 Å². The van der Waals surface area contributed by atoms with Crippen LogP contribution in [-0.2, 0) is 0 Å². The molecule has 0 bridgehead atoms. The van der Waals surface area contributed by atoms with E-state index >= 15 is 0 Å². The van der Waals surface area contributed by atoms with Crippen LogP contribution in [0.3, 0.4) is 0 Å². The average Bonchev–Trinajstić information content (AvgIpc) is 2.79. The molecular formula is C23H18N6O2. The van der Waals surface area contributed by atoms with Gasteiger partial charge in [-0.15, -0.1) is 0 Å². The number of carboxylic acid groups (broad SMARTS) is 1. The van der Waals surface area contributed by atoms with Gasteiger partial charge in [-0.25, -0.2) is 19.7 Å². The molecule has 3 N–H and O–H groups in total. The molecule has 0 saturated carbocycles. The zero-order valence-electron chi connectivity index (χ0n) is 16.6. The molecule has 8 heteroatoms. The number of benzene rings is 2. The number of aromatic carboxylic acids is 1. The van der Waals surface area contributed by atoms with E-state index in [0.29, 0.717) is 28.1 Å². The first-order valence-corrected chi connectivity index (χ1v) is 9.52. The number of rotatable bonds is 6. The van der Waals surface area contributed by atoms with Gasteiger partial charge in [-0.2, -0.15) is 5.26 Å². The summed E-state index contributed by atoms with van der Waals surface area (Å²) in [5, 5.41) is 25.7. The minimum atomic E-state index is -1.03. The summed E-state index contributed by atoms with van der Waals surface area (Å²) in [6, 6.07) is 18.1. The normalized spacial score (nSPS) is 11.5. The van der Waals surface area contributed by atoms with Crippen LogP contribution in [-0.4, -0.2) is 26.0 Å². The van der Waals surface area contributed by atoms with E-state index in [1.165, 1.54) is 12.4 Å². The molecule has 0 unspecified atom stereocenters. The van der Waals surface area contributed by atoms with Crippen molar-refractivity contribution in [3.8, 4) is 6.07 Å². The Morgan fingerprint density at radius 1 is 1.10 bits per heavy atom. The van der Waals surface area contributed by atoms with Gasteiger partial charge in [-0.3, -0.25) is 0 Å². The van der Waals surface area contributed by atoms with E-state index in [0.717, 1.165) is 11.3 Å². The lowest BCUT2D eigenvalue weighted by molar-refractivity contribution is 0.0699. The molecule has 152 valence electrons. The third kappa shape index (κ3) is 4.26. The summed E-state index contributed by atoms with van der Waals surface area (Å²) in [5.41, 5.74) is 2.87. The second-order valence-electron chi connectivity index (χ2n) is 6.89. The van der Waals surface area contributed by atoms with Crippen molar-refractivity contribution in [3.05, 3.63) is 83.8 Å². The molecule has 4 aromatic rings. The summed E-state index contributed by atoms with van der Waals surface area (Å²) >= 11 is 0. The maximum Gasteiger partial charge on any atom is 0.337 e. The summed E-state index contributed by atoms with van der Waals surface area (Å²) in [6.45, 7) is 1.99. The van der Waals surface area contributed by atoms with Crippen molar-refractivity contribution in [2.45, 2.75) is 13.0 Å². The Bertz CT molecular complexity index is 1310. The fourth-order valence-electron chi connectivity index (χ4n) is 3.27. The van der Waals surface area contributed by atoms with Crippen LogP contribution >= 0.6 is 0 Å². The number of anilines is 3. The molecule has 0 aliphatic rings. The summed E-state index contributed by atoms with van der Waals surface area (Å²) < 4.78 is 0. The fourth-order valence-corrected chi connectivity index (χ4v) is 3.27. The Labute approximate surface area is 178 Å². The summed E-state index contributed by atoms with van der Waals surface area (Å²) in [7, 11) is 0. The van der Waals surface area contributed by atoms with Gasteiger partial charge >= 0.3 is 5.97 Å². The lowest BCUT2D eigenvalue weighted by atomic mass is 10.1. The van der Waals surface area contributed by atoms with Crippen LogP contribution in [0.1, 0.15) is 34.5 Å². The van der Waals surface area contributed by atoms with Crippen molar-refractivity contribution in [3.63, 3.8) is 0 Å². The smallest absolute Gasteiger partial charge is 0.337 e. The molecule has 1 atom stereocenters. The number of carboxylic acids is 1. The molecule has 0 amide bonds. The van der Waals surface area contributed by atoms with Crippen LogP contribution in [0, 0.1) is 11.3 Å². The summed E-state index contributed by atoms with van der Waals surface area (Å²) in [5.74, 6) is 0.110. The molecule has 4 rings (SSSR count). The van der Waals surface area contributed by atoms with Gasteiger partial charge in [0, 0.05) is 17.3 Å². The number of nitrogens with zero attached hydrogens (tertiary/aromatic N) is 4. The van der Waals surface area contributed by atoms with Crippen LogP contribution < -0.4 is 10.6 Å². The molecule has 0 aliphatic heterocycles. The van der Waals surface area contributed by atoms with Crippen LogP contribution in [0.4, 0.5) is 17.3 Å². The van der Waals surface area contributed by atoms with Gasteiger partial charge in [-0.1, -0.05) is 18.2 Å². The highest BCUT2D eigenvalue weighted by Crippen LogP contribution is 2.27. The number of nitrogens with one attached hydrogen (secondary N) is 2. The van der Waals surface area contributed by atoms with Crippen molar-refractivity contribution in [1.82, 2.24) is 15.0 Å². The quantitative estimate of drug-likeness (QED) is 0.424. The van der Waals surface area contributed by atoms with E-state index in [2.05, 4.69) is 31.7 Å². The number of hydrogen-bond acceptors (Lipinski definition) is 7. The van der Waals surface area contributed by atoms with E-state index in [9.17, 15) is 9.90 Å². The molecule has 0 spiro atoms. The van der Waals surface area contributed by atoms with Gasteiger partial charge < -0.3 is 15.7 Å². The van der Waals surface area contributed by atoms with Crippen LogP contribution in [0.5, 0.6) is 0 Å². The predicted molar refractivity (Wildman–Crippen MR) is 117 cm³/mol. The zero-order chi connectivity index (χ0) is 21.8. The van der Waals surface area contributed by atoms with E-state index < -0.39 is 5.97 Å². The van der Waals surface area contributed by atoms with Crippen molar-refractivity contribution in [2.24, 2.45) is 0 Å². The van der Waals surface area contributed by atoms with Crippen molar-refractivity contribution >= 4 is 34.2 Å². The second kappa shape index (κ2) is 8.47. The van der Waals surface area contributed by atoms with Crippen molar-refractivity contribution in [1.29, 1.82) is 5.26 Å². The first-order chi connectivity index (χ1) is 15.0. The number of hydrogen-bond donors (Lipinski definition) is 3. The third-order valence-electron chi connectivity index (χ3n) is 4.80. The SMILES string of the molecule is C[C@@H](Nc1ncnc2c(C(=O)O)cccc12)c1cccc(Nc2cc(C#N)ccn2)c1. The maximum absolute atomic E-state index is 11.5. The zero-order valence-corrected chi connectivity index (χ0v) is 16.6. The third-order valence-corrected chi connectivity index (χ3v) is 4.80. The average molecular weight is 410 g/mol.